The number of pyridine rings is 1. The van der Waals surface area contributed by atoms with Gasteiger partial charge in [-0.05, 0) is 37.3 Å². The average molecular weight is 248 g/mol. The monoisotopic (exact) mass is 248 g/mol. The lowest BCUT2D eigenvalue weighted by atomic mass is 10.1. The quantitative estimate of drug-likeness (QED) is 0.824. The fraction of sp³-hybridized carbons (Fsp3) is 0.462. The summed E-state index contributed by atoms with van der Waals surface area (Å²) in [5.41, 5.74) is 1.38. The number of aliphatic carboxylic acids is 1. The van der Waals surface area contributed by atoms with Crippen molar-refractivity contribution in [2.75, 3.05) is 0 Å². The summed E-state index contributed by atoms with van der Waals surface area (Å²) in [6, 6.07) is 1.48. The van der Waals surface area contributed by atoms with E-state index in [1.54, 1.807) is 12.3 Å². The number of hydrogen-bond donors (Lipinski definition) is 2. The van der Waals surface area contributed by atoms with Crippen LogP contribution >= 0.6 is 0 Å². The van der Waals surface area contributed by atoms with Crippen molar-refractivity contribution >= 4 is 11.9 Å². The van der Waals surface area contributed by atoms with Gasteiger partial charge in [0.2, 0.25) is 0 Å². The second-order valence-electron chi connectivity index (χ2n) is 4.77. The molecule has 1 unspecified atom stereocenters. The number of carboxylic acids is 1. The molecule has 1 fully saturated rings. The molecule has 0 spiro atoms. The normalized spacial score (nSPS) is 16.1. The highest BCUT2D eigenvalue weighted by atomic mass is 16.4. The van der Waals surface area contributed by atoms with E-state index in [9.17, 15) is 9.59 Å². The van der Waals surface area contributed by atoms with E-state index in [1.807, 2.05) is 6.92 Å². The van der Waals surface area contributed by atoms with Crippen LogP contribution in [-0.2, 0) is 4.79 Å². The maximum absolute atomic E-state index is 12.0. The van der Waals surface area contributed by atoms with E-state index in [4.69, 9.17) is 5.11 Å². The number of rotatable bonds is 5. The van der Waals surface area contributed by atoms with Crippen molar-refractivity contribution in [3.8, 4) is 0 Å². The summed E-state index contributed by atoms with van der Waals surface area (Å²) in [6.07, 6.45) is 5.13. The Balaban J connectivity index is 2.02. The van der Waals surface area contributed by atoms with Gasteiger partial charge in [0.1, 0.15) is 0 Å². The molecule has 0 aliphatic heterocycles. The molecular formula is C13H16N2O3. The summed E-state index contributed by atoms with van der Waals surface area (Å²) < 4.78 is 0. The Hall–Kier alpha value is -1.91. The van der Waals surface area contributed by atoms with E-state index >= 15 is 0 Å². The van der Waals surface area contributed by atoms with Crippen LogP contribution in [0.15, 0.2) is 18.5 Å². The van der Waals surface area contributed by atoms with Crippen molar-refractivity contribution in [3.05, 3.63) is 29.6 Å². The minimum absolute atomic E-state index is 0.0182. The van der Waals surface area contributed by atoms with Crippen molar-refractivity contribution in [1.82, 2.24) is 10.3 Å². The van der Waals surface area contributed by atoms with Gasteiger partial charge < -0.3 is 10.4 Å². The Bertz CT molecular complexity index is 469. The molecule has 1 aliphatic carbocycles. The number of carbonyl (C=O) groups is 2. The molecule has 0 saturated heterocycles. The second kappa shape index (κ2) is 5.16. The van der Waals surface area contributed by atoms with E-state index < -0.39 is 5.97 Å². The van der Waals surface area contributed by atoms with Gasteiger partial charge in [-0.1, -0.05) is 0 Å². The van der Waals surface area contributed by atoms with Crippen molar-refractivity contribution in [2.24, 2.45) is 5.92 Å². The summed E-state index contributed by atoms with van der Waals surface area (Å²) in [5.74, 6) is -0.818. The van der Waals surface area contributed by atoms with Gasteiger partial charge in [-0.15, -0.1) is 0 Å². The second-order valence-corrected chi connectivity index (χ2v) is 4.77. The standard InChI is InChI=1S/C13H16N2O3/c1-8-4-10(7-14-6-8)13(18)15-11(5-12(16)17)9-2-3-9/h4,6-7,9,11H,2-3,5H2,1H3,(H,15,18)(H,16,17). The molecule has 1 heterocycles. The molecule has 1 aromatic heterocycles. The first-order valence-electron chi connectivity index (χ1n) is 6.00. The van der Waals surface area contributed by atoms with Crippen molar-refractivity contribution in [1.29, 1.82) is 0 Å². The molecule has 1 aliphatic rings. The average Bonchev–Trinajstić information content (AvgIpc) is 3.11. The third kappa shape index (κ3) is 3.29. The largest absolute Gasteiger partial charge is 0.481 e. The predicted molar refractivity (Wildman–Crippen MR) is 65.2 cm³/mol. The predicted octanol–water partition coefficient (Wildman–Crippen LogP) is 1.37. The van der Waals surface area contributed by atoms with Gasteiger partial charge in [-0.2, -0.15) is 0 Å². The molecule has 1 aromatic rings. The van der Waals surface area contributed by atoms with Gasteiger partial charge in [0.25, 0.3) is 5.91 Å². The molecule has 0 aromatic carbocycles. The molecule has 5 heteroatoms. The number of hydrogen-bond acceptors (Lipinski definition) is 3. The maximum Gasteiger partial charge on any atom is 0.305 e. The zero-order valence-corrected chi connectivity index (χ0v) is 10.2. The zero-order valence-electron chi connectivity index (χ0n) is 10.2. The molecule has 5 nitrogen and oxygen atoms in total. The highest BCUT2D eigenvalue weighted by Crippen LogP contribution is 2.34. The smallest absolute Gasteiger partial charge is 0.305 e. The van der Waals surface area contributed by atoms with Gasteiger partial charge in [0, 0.05) is 18.4 Å². The molecule has 2 N–H and O–H groups in total. The fourth-order valence-electron chi connectivity index (χ4n) is 1.95. The molecular weight excluding hydrogens is 232 g/mol. The minimum Gasteiger partial charge on any atom is -0.481 e. The van der Waals surface area contributed by atoms with Crippen LogP contribution in [0, 0.1) is 12.8 Å². The lowest BCUT2D eigenvalue weighted by Crippen LogP contribution is -2.38. The van der Waals surface area contributed by atoms with E-state index in [1.165, 1.54) is 6.20 Å². The third-order valence-corrected chi connectivity index (χ3v) is 3.04. The Kier molecular flexibility index (Phi) is 3.60. The SMILES string of the molecule is Cc1cncc(C(=O)NC(CC(=O)O)C2CC2)c1. The van der Waals surface area contributed by atoms with Crippen molar-refractivity contribution in [2.45, 2.75) is 32.2 Å². The van der Waals surface area contributed by atoms with Crippen LogP contribution in [0.2, 0.25) is 0 Å². The molecule has 1 amide bonds. The van der Waals surface area contributed by atoms with Crippen molar-refractivity contribution in [3.63, 3.8) is 0 Å². The number of aromatic nitrogens is 1. The first-order valence-corrected chi connectivity index (χ1v) is 6.00. The first kappa shape index (κ1) is 12.5. The van der Waals surface area contributed by atoms with Crippen molar-refractivity contribution < 1.29 is 14.7 Å². The van der Waals surface area contributed by atoms with E-state index in [0.717, 1.165) is 18.4 Å². The first-order chi connectivity index (χ1) is 8.56. The number of amides is 1. The van der Waals surface area contributed by atoms with Crippen LogP contribution in [0.5, 0.6) is 0 Å². The van der Waals surface area contributed by atoms with Gasteiger partial charge in [0.15, 0.2) is 0 Å². The molecule has 2 rings (SSSR count). The van der Waals surface area contributed by atoms with Crippen LogP contribution in [-0.4, -0.2) is 28.0 Å². The summed E-state index contributed by atoms with van der Waals surface area (Å²) in [4.78, 5) is 26.7. The molecule has 1 atom stereocenters. The number of carboxylic acid groups (broad SMARTS) is 1. The summed E-state index contributed by atoms with van der Waals surface area (Å²) in [7, 11) is 0. The van der Waals surface area contributed by atoms with Crippen LogP contribution in [0.25, 0.3) is 0 Å². The zero-order chi connectivity index (χ0) is 13.1. The molecule has 0 radical (unpaired) electrons. The van der Waals surface area contributed by atoms with E-state index in [0.29, 0.717) is 11.5 Å². The van der Waals surface area contributed by atoms with E-state index in [-0.39, 0.29) is 18.4 Å². The number of nitrogens with one attached hydrogen (secondary N) is 1. The number of nitrogens with zero attached hydrogens (tertiary/aromatic N) is 1. The highest BCUT2D eigenvalue weighted by molar-refractivity contribution is 5.94. The summed E-state index contributed by atoms with van der Waals surface area (Å²) in [6.45, 7) is 1.86. The molecule has 18 heavy (non-hydrogen) atoms. The van der Waals surface area contributed by atoms with Gasteiger partial charge in [-0.3, -0.25) is 14.6 Å². The van der Waals surface area contributed by atoms with Gasteiger partial charge >= 0.3 is 5.97 Å². The van der Waals surface area contributed by atoms with Crippen LogP contribution in [0.3, 0.4) is 0 Å². The van der Waals surface area contributed by atoms with Crippen LogP contribution in [0.1, 0.15) is 35.2 Å². The molecule has 1 saturated carbocycles. The van der Waals surface area contributed by atoms with Crippen LogP contribution < -0.4 is 5.32 Å². The highest BCUT2D eigenvalue weighted by Gasteiger charge is 2.33. The maximum atomic E-state index is 12.0. The molecule has 96 valence electrons. The number of aryl methyl sites for hydroxylation is 1. The van der Waals surface area contributed by atoms with Crippen LogP contribution in [0.4, 0.5) is 0 Å². The van der Waals surface area contributed by atoms with Gasteiger partial charge in [-0.25, -0.2) is 0 Å². The Morgan fingerprint density at radius 1 is 1.50 bits per heavy atom. The fourth-order valence-corrected chi connectivity index (χ4v) is 1.95. The lowest BCUT2D eigenvalue weighted by molar-refractivity contribution is -0.137. The lowest BCUT2D eigenvalue weighted by Gasteiger charge is -2.16. The Labute approximate surface area is 105 Å². The summed E-state index contributed by atoms with van der Waals surface area (Å²) >= 11 is 0. The summed E-state index contributed by atoms with van der Waals surface area (Å²) in [5, 5.41) is 11.6. The topological polar surface area (TPSA) is 79.3 Å². The minimum atomic E-state index is -0.880. The molecule has 0 bridgehead atoms. The van der Waals surface area contributed by atoms with E-state index in [2.05, 4.69) is 10.3 Å². The Morgan fingerprint density at radius 2 is 2.22 bits per heavy atom. The number of carbonyl (C=O) groups excluding carboxylic acids is 1. The Morgan fingerprint density at radius 3 is 2.78 bits per heavy atom. The third-order valence-electron chi connectivity index (χ3n) is 3.04. The van der Waals surface area contributed by atoms with Gasteiger partial charge in [0.05, 0.1) is 12.0 Å².